The van der Waals surface area contributed by atoms with Crippen LogP contribution in [-0.2, 0) is 9.53 Å². The van der Waals surface area contributed by atoms with E-state index in [1.165, 1.54) is 44.6 Å². The van der Waals surface area contributed by atoms with Crippen LogP contribution >= 0.6 is 12.6 Å². The molecule has 0 N–H and O–H groups in total. The summed E-state index contributed by atoms with van der Waals surface area (Å²) in [4.78, 5) is 11.1. The van der Waals surface area contributed by atoms with Gasteiger partial charge in [-0.1, -0.05) is 30.3 Å². The number of benzene rings is 1. The quantitative estimate of drug-likeness (QED) is 0.107. The summed E-state index contributed by atoms with van der Waals surface area (Å²) in [5, 5.41) is 0. The molecule has 27 heavy (non-hydrogen) atoms. The molecule has 1 unspecified atom stereocenters. The molecule has 0 bridgehead atoms. The molecule has 1 radical (unpaired) electrons. The number of carbonyl (C=O) groups is 1. The van der Waals surface area contributed by atoms with Gasteiger partial charge in [-0.3, -0.25) is 0 Å². The van der Waals surface area contributed by atoms with Gasteiger partial charge in [-0.15, -0.1) is 12.6 Å². The third-order valence-electron chi connectivity index (χ3n) is 4.15. The molecule has 1 aromatic rings. The molecule has 2 nitrogen and oxygen atoms in total. The Morgan fingerprint density at radius 1 is 1.00 bits per heavy atom. The first-order valence-corrected chi connectivity index (χ1v) is 17.1. The molecule has 0 aromatic heterocycles. The Kier molecular flexibility index (Phi) is 18.6. The second-order valence-corrected chi connectivity index (χ2v) is 16.1. The first-order chi connectivity index (χ1) is 13.0. The molecule has 4 heteroatoms. The maximum absolute atomic E-state index is 11.1. The number of esters is 1. The van der Waals surface area contributed by atoms with E-state index in [1.54, 1.807) is 26.3 Å². The van der Waals surface area contributed by atoms with Gasteiger partial charge >= 0.3 is 98.3 Å². The predicted molar refractivity (Wildman–Crippen MR) is 125 cm³/mol. The molecule has 0 saturated heterocycles. The SMILES string of the molecule is CC(S)OC(=O)C=Cc1ccccc1.CCC[CH2][Sn]([CH2]CCC)[CH2]CCC. The predicted octanol–water partition coefficient (Wildman–Crippen LogP) is 7.40. The topological polar surface area (TPSA) is 26.3 Å². The summed E-state index contributed by atoms with van der Waals surface area (Å²) in [6.45, 7) is 8.69. The van der Waals surface area contributed by atoms with Crippen LogP contribution < -0.4 is 0 Å². The molecule has 1 rings (SSSR count). The van der Waals surface area contributed by atoms with Gasteiger partial charge in [0.1, 0.15) is 5.44 Å². The third kappa shape index (κ3) is 17.4. The van der Waals surface area contributed by atoms with Crippen LogP contribution in [0.1, 0.15) is 71.8 Å². The van der Waals surface area contributed by atoms with E-state index < -0.39 is 19.8 Å². The average molecular weight is 498 g/mol. The second kappa shape index (κ2) is 18.9. The van der Waals surface area contributed by atoms with Crippen molar-refractivity contribution in [2.75, 3.05) is 0 Å². The fourth-order valence-corrected chi connectivity index (χ4v) is 12.1. The summed E-state index contributed by atoms with van der Waals surface area (Å²) < 4.78 is 9.85. The minimum absolute atomic E-state index is 0.372. The fourth-order valence-electron chi connectivity index (χ4n) is 2.59. The summed E-state index contributed by atoms with van der Waals surface area (Å²) in [5.41, 5.74) is 0.596. The number of hydrogen-bond acceptors (Lipinski definition) is 3. The normalized spacial score (nSPS) is 11.9. The van der Waals surface area contributed by atoms with E-state index in [0.717, 1.165) is 5.56 Å². The molecule has 0 aliphatic rings. The summed E-state index contributed by atoms with van der Waals surface area (Å²) in [6, 6.07) is 9.56. The number of rotatable bonds is 12. The summed E-state index contributed by atoms with van der Waals surface area (Å²) in [7, 11) is 0. The number of ether oxygens (including phenoxy) is 1. The van der Waals surface area contributed by atoms with Gasteiger partial charge in [0.2, 0.25) is 0 Å². The molecule has 153 valence electrons. The molecule has 1 aromatic carbocycles. The van der Waals surface area contributed by atoms with E-state index in [-0.39, 0.29) is 11.4 Å². The van der Waals surface area contributed by atoms with Crippen LogP contribution in [0, 0.1) is 0 Å². The van der Waals surface area contributed by atoms with Gasteiger partial charge in [-0.05, 0) is 18.6 Å². The monoisotopic (exact) mass is 499 g/mol. The van der Waals surface area contributed by atoms with Gasteiger partial charge in [0.25, 0.3) is 0 Å². The fraction of sp³-hybridized carbons (Fsp3) is 0.609. The zero-order chi connectivity index (χ0) is 20.3. The van der Waals surface area contributed by atoms with E-state index in [4.69, 9.17) is 4.74 Å². The van der Waals surface area contributed by atoms with Gasteiger partial charge in [-0.25, -0.2) is 4.79 Å². The van der Waals surface area contributed by atoms with Crippen LogP contribution in [0.2, 0.25) is 13.3 Å². The van der Waals surface area contributed by atoms with Gasteiger partial charge in [0, 0.05) is 6.08 Å². The van der Waals surface area contributed by atoms with Crippen LogP contribution in [-0.4, -0.2) is 31.2 Å². The van der Waals surface area contributed by atoms with Crippen LogP contribution in [0.3, 0.4) is 0 Å². The van der Waals surface area contributed by atoms with Crippen LogP contribution in [0.5, 0.6) is 0 Å². The first-order valence-electron chi connectivity index (χ1n) is 10.5. The average Bonchev–Trinajstić information content (AvgIpc) is 2.66. The Morgan fingerprint density at radius 2 is 1.48 bits per heavy atom. The van der Waals surface area contributed by atoms with Crippen LogP contribution in [0.25, 0.3) is 6.08 Å². The van der Waals surface area contributed by atoms with E-state index in [1.807, 2.05) is 30.3 Å². The van der Waals surface area contributed by atoms with E-state index >= 15 is 0 Å². The Morgan fingerprint density at radius 3 is 1.89 bits per heavy atom. The zero-order valence-corrected chi connectivity index (χ0v) is 21.5. The van der Waals surface area contributed by atoms with Crippen molar-refractivity contribution in [3.8, 4) is 0 Å². The minimum atomic E-state index is -0.839. The molecule has 0 amide bonds. The number of thiol groups is 1. The Hall–Kier alpha value is -0.421. The van der Waals surface area contributed by atoms with Crippen molar-refractivity contribution in [2.45, 2.75) is 85.0 Å². The molecule has 0 fully saturated rings. The van der Waals surface area contributed by atoms with E-state index in [9.17, 15) is 4.79 Å². The van der Waals surface area contributed by atoms with Crippen LogP contribution in [0.4, 0.5) is 0 Å². The Labute approximate surface area is 180 Å². The first kappa shape index (κ1) is 26.6. The van der Waals surface area contributed by atoms with E-state index in [0.29, 0.717) is 0 Å². The Balaban J connectivity index is 0.000000503. The van der Waals surface area contributed by atoms with Gasteiger partial charge < -0.3 is 4.74 Å². The Bertz CT molecular complexity index is 469. The van der Waals surface area contributed by atoms with Gasteiger partial charge in [-0.2, -0.15) is 0 Å². The van der Waals surface area contributed by atoms with Crippen LogP contribution in [0.15, 0.2) is 36.4 Å². The molecule has 0 saturated carbocycles. The van der Waals surface area contributed by atoms with E-state index in [2.05, 4.69) is 33.4 Å². The summed E-state index contributed by atoms with van der Waals surface area (Å²) in [6.07, 6.45) is 11.9. The molecular formula is C23H39O2SSn. The second-order valence-electron chi connectivity index (χ2n) is 6.84. The van der Waals surface area contributed by atoms with Crippen molar-refractivity contribution in [1.29, 1.82) is 0 Å². The molecular weight excluding hydrogens is 459 g/mol. The van der Waals surface area contributed by atoms with Crippen molar-refractivity contribution in [3.63, 3.8) is 0 Å². The third-order valence-corrected chi connectivity index (χ3v) is 13.3. The number of carbonyl (C=O) groups excluding carboxylic acids is 1. The van der Waals surface area contributed by atoms with Crippen molar-refractivity contribution in [3.05, 3.63) is 42.0 Å². The van der Waals surface area contributed by atoms with Crippen molar-refractivity contribution < 1.29 is 9.53 Å². The molecule has 0 aliphatic heterocycles. The van der Waals surface area contributed by atoms with Gasteiger partial charge in [0.05, 0.1) is 0 Å². The maximum atomic E-state index is 11.1. The zero-order valence-electron chi connectivity index (χ0n) is 17.7. The molecule has 0 aliphatic carbocycles. The molecule has 0 spiro atoms. The number of hydrogen-bond donors (Lipinski definition) is 1. The summed E-state index contributed by atoms with van der Waals surface area (Å²) >= 11 is 3.10. The van der Waals surface area contributed by atoms with Crippen molar-refractivity contribution in [2.24, 2.45) is 0 Å². The molecule has 1 atom stereocenters. The molecule has 0 heterocycles. The number of unbranched alkanes of at least 4 members (excludes halogenated alkanes) is 3. The van der Waals surface area contributed by atoms with Crippen molar-refractivity contribution >= 4 is 44.4 Å². The summed E-state index contributed by atoms with van der Waals surface area (Å²) in [5.74, 6) is -0.378. The van der Waals surface area contributed by atoms with Crippen molar-refractivity contribution in [1.82, 2.24) is 0 Å². The van der Waals surface area contributed by atoms with Gasteiger partial charge in [0.15, 0.2) is 0 Å². The standard InChI is InChI=1S/C11H12O2S.3C4H9.Sn/c1-9(14)13-11(12)8-7-10-5-3-2-4-6-10;3*1-3-4-2;/h2-9,14H,1H3;3*1,3-4H2,2H3;.